The summed E-state index contributed by atoms with van der Waals surface area (Å²) in [5.74, 6) is 0.0677. The first kappa shape index (κ1) is 20.9. The van der Waals surface area contributed by atoms with E-state index in [1.54, 1.807) is 6.08 Å². The number of allylic oxidation sites excluding steroid dienone is 2. The Labute approximate surface area is 165 Å². The van der Waals surface area contributed by atoms with Crippen LogP contribution >= 0.6 is 0 Å². The van der Waals surface area contributed by atoms with Crippen LogP contribution in [0, 0.1) is 0 Å². The van der Waals surface area contributed by atoms with E-state index in [-0.39, 0.29) is 5.91 Å². The van der Waals surface area contributed by atoms with Crippen LogP contribution in [0.4, 0.5) is 0 Å². The molecule has 0 atom stereocenters. The Kier molecular flexibility index (Phi) is 7.37. The molecule has 2 rings (SSSR count). The number of carbonyl (C=O) groups excluding carboxylic acids is 1. The lowest BCUT2D eigenvalue weighted by Gasteiger charge is -2.23. The molecule has 1 amide bonds. The zero-order valence-corrected chi connectivity index (χ0v) is 18.2. The van der Waals surface area contributed by atoms with Gasteiger partial charge in [-0.05, 0) is 30.5 Å². The van der Waals surface area contributed by atoms with Crippen LogP contribution in [0.15, 0.2) is 72.8 Å². The SMILES string of the molecule is CCN(CC)C(=O)/C=C(/C=C(/c1ccccc1)[Si](C)(C)C)c1ccccc1. The van der Waals surface area contributed by atoms with Gasteiger partial charge in [0, 0.05) is 19.2 Å². The van der Waals surface area contributed by atoms with Crippen LogP contribution in [-0.4, -0.2) is 32.0 Å². The lowest BCUT2D eigenvalue weighted by atomic mass is 10.0. The predicted octanol–water partition coefficient (Wildman–Crippen LogP) is 5.90. The van der Waals surface area contributed by atoms with E-state index in [0.29, 0.717) is 0 Å². The predicted molar refractivity (Wildman–Crippen MR) is 120 cm³/mol. The minimum Gasteiger partial charge on any atom is -0.340 e. The van der Waals surface area contributed by atoms with Gasteiger partial charge in [0.25, 0.3) is 0 Å². The molecule has 2 aromatic rings. The van der Waals surface area contributed by atoms with Gasteiger partial charge in [-0.15, -0.1) is 0 Å². The van der Waals surface area contributed by atoms with Crippen molar-refractivity contribution in [2.24, 2.45) is 0 Å². The molecule has 0 saturated carbocycles. The molecule has 0 saturated heterocycles. The summed E-state index contributed by atoms with van der Waals surface area (Å²) in [6.07, 6.45) is 4.03. The first-order chi connectivity index (χ1) is 12.9. The Morgan fingerprint density at radius 2 is 1.30 bits per heavy atom. The summed E-state index contributed by atoms with van der Waals surface area (Å²) in [6, 6.07) is 20.7. The summed E-state index contributed by atoms with van der Waals surface area (Å²) in [6.45, 7) is 12.5. The van der Waals surface area contributed by atoms with Gasteiger partial charge in [0.1, 0.15) is 0 Å². The molecule has 2 nitrogen and oxygen atoms in total. The zero-order chi connectivity index (χ0) is 19.9. The Morgan fingerprint density at radius 1 is 0.815 bits per heavy atom. The fraction of sp³-hybridized carbons (Fsp3) is 0.292. The quantitative estimate of drug-likeness (QED) is 0.334. The van der Waals surface area contributed by atoms with Crippen LogP contribution < -0.4 is 0 Å². The minimum atomic E-state index is -1.62. The topological polar surface area (TPSA) is 20.3 Å². The van der Waals surface area contributed by atoms with E-state index < -0.39 is 8.07 Å². The van der Waals surface area contributed by atoms with Gasteiger partial charge in [-0.25, -0.2) is 0 Å². The lowest BCUT2D eigenvalue weighted by molar-refractivity contribution is -0.125. The molecule has 0 heterocycles. The molecule has 27 heavy (non-hydrogen) atoms. The Morgan fingerprint density at radius 3 is 1.74 bits per heavy atom. The monoisotopic (exact) mass is 377 g/mol. The van der Waals surface area contributed by atoms with Crippen molar-refractivity contribution >= 4 is 24.8 Å². The Hall–Kier alpha value is -2.39. The van der Waals surface area contributed by atoms with Crippen LogP contribution in [0.3, 0.4) is 0 Å². The summed E-state index contributed by atoms with van der Waals surface area (Å²) in [5, 5.41) is 1.35. The number of benzene rings is 2. The van der Waals surface area contributed by atoms with Crippen molar-refractivity contribution < 1.29 is 4.79 Å². The smallest absolute Gasteiger partial charge is 0.247 e. The van der Waals surface area contributed by atoms with Gasteiger partial charge in [-0.3, -0.25) is 4.79 Å². The Bertz CT molecular complexity index is 797. The van der Waals surface area contributed by atoms with E-state index in [0.717, 1.165) is 24.2 Å². The third kappa shape index (κ3) is 5.80. The fourth-order valence-electron chi connectivity index (χ4n) is 3.10. The molecule has 3 heteroatoms. The number of amides is 1. The average molecular weight is 378 g/mol. The molecule has 0 unspecified atom stereocenters. The maximum Gasteiger partial charge on any atom is 0.247 e. The maximum atomic E-state index is 12.8. The van der Waals surface area contributed by atoms with Gasteiger partial charge < -0.3 is 4.90 Å². The molecule has 0 aliphatic rings. The van der Waals surface area contributed by atoms with Gasteiger partial charge in [-0.2, -0.15) is 0 Å². The van der Waals surface area contributed by atoms with E-state index in [2.05, 4.69) is 62.1 Å². The molecule has 2 aromatic carbocycles. The average Bonchev–Trinajstić information content (AvgIpc) is 2.66. The van der Waals surface area contributed by atoms with Crippen molar-refractivity contribution in [3.63, 3.8) is 0 Å². The van der Waals surface area contributed by atoms with E-state index in [4.69, 9.17) is 0 Å². The number of hydrogen-bond acceptors (Lipinski definition) is 1. The van der Waals surface area contributed by atoms with E-state index in [9.17, 15) is 4.79 Å². The lowest BCUT2D eigenvalue weighted by Crippen LogP contribution is -2.29. The molecule has 0 aromatic heterocycles. The summed E-state index contributed by atoms with van der Waals surface area (Å²) in [5.41, 5.74) is 3.30. The van der Waals surface area contributed by atoms with Crippen LogP contribution in [0.25, 0.3) is 10.8 Å². The summed E-state index contributed by atoms with van der Waals surface area (Å²) < 4.78 is 0. The molecule has 0 spiro atoms. The molecular weight excluding hydrogens is 346 g/mol. The van der Waals surface area contributed by atoms with Crippen molar-refractivity contribution in [3.05, 3.63) is 83.9 Å². The van der Waals surface area contributed by atoms with E-state index in [1.165, 1.54) is 10.8 Å². The van der Waals surface area contributed by atoms with E-state index >= 15 is 0 Å². The third-order valence-corrected chi connectivity index (χ3v) is 6.70. The van der Waals surface area contributed by atoms with Crippen molar-refractivity contribution in [3.8, 4) is 0 Å². The molecule has 0 bridgehead atoms. The number of nitrogens with zero attached hydrogens (tertiary/aromatic N) is 1. The van der Waals surface area contributed by atoms with Gasteiger partial charge in [0.2, 0.25) is 5.91 Å². The molecular formula is C24H31NOSi. The van der Waals surface area contributed by atoms with Gasteiger partial charge in [0.05, 0.1) is 8.07 Å². The molecule has 0 fully saturated rings. The molecule has 142 valence electrons. The first-order valence-electron chi connectivity index (χ1n) is 9.70. The number of hydrogen-bond donors (Lipinski definition) is 0. The normalized spacial score (nSPS) is 12.8. The molecule has 0 aliphatic heterocycles. The highest BCUT2D eigenvalue weighted by atomic mass is 28.3. The van der Waals surface area contributed by atoms with Gasteiger partial charge in [0.15, 0.2) is 0 Å². The van der Waals surface area contributed by atoms with Crippen molar-refractivity contribution in [1.82, 2.24) is 4.90 Å². The summed E-state index contributed by atoms with van der Waals surface area (Å²) in [4.78, 5) is 14.6. The van der Waals surface area contributed by atoms with Gasteiger partial charge >= 0.3 is 0 Å². The van der Waals surface area contributed by atoms with Crippen molar-refractivity contribution in [2.45, 2.75) is 33.5 Å². The summed E-state index contributed by atoms with van der Waals surface area (Å²) >= 11 is 0. The van der Waals surface area contributed by atoms with Crippen LogP contribution in [-0.2, 0) is 4.79 Å². The third-order valence-electron chi connectivity index (χ3n) is 4.65. The zero-order valence-electron chi connectivity index (χ0n) is 17.2. The fourth-order valence-corrected chi connectivity index (χ4v) is 4.73. The second-order valence-electron chi connectivity index (χ2n) is 7.65. The van der Waals surface area contributed by atoms with Crippen LogP contribution in [0.5, 0.6) is 0 Å². The number of likely N-dealkylation sites (N-methyl/N-ethyl adjacent to an activating group) is 1. The van der Waals surface area contributed by atoms with Crippen LogP contribution in [0.1, 0.15) is 25.0 Å². The Balaban J connectivity index is 2.61. The molecule has 0 radical (unpaired) electrons. The van der Waals surface area contributed by atoms with Crippen molar-refractivity contribution in [2.75, 3.05) is 13.1 Å². The van der Waals surface area contributed by atoms with Gasteiger partial charge in [-0.1, -0.05) is 91.6 Å². The maximum absolute atomic E-state index is 12.8. The summed E-state index contributed by atoms with van der Waals surface area (Å²) in [7, 11) is -1.62. The first-order valence-corrected chi connectivity index (χ1v) is 13.2. The number of rotatable bonds is 7. The second-order valence-corrected chi connectivity index (χ2v) is 12.7. The highest BCUT2D eigenvalue weighted by Crippen LogP contribution is 2.30. The highest BCUT2D eigenvalue weighted by Gasteiger charge is 2.22. The van der Waals surface area contributed by atoms with Crippen molar-refractivity contribution in [1.29, 1.82) is 0 Å². The van der Waals surface area contributed by atoms with E-state index in [1.807, 2.05) is 43.0 Å². The number of carbonyl (C=O) groups is 1. The van der Waals surface area contributed by atoms with Crippen LogP contribution in [0.2, 0.25) is 19.6 Å². The second kappa shape index (κ2) is 9.52. The highest BCUT2D eigenvalue weighted by molar-refractivity contribution is 6.93. The molecule has 0 N–H and O–H groups in total. The molecule has 0 aliphatic carbocycles. The minimum absolute atomic E-state index is 0.0677. The standard InChI is InChI=1S/C24H31NOSi/c1-6-25(7-2)24(26)19-22(20-14-10-8-11-15-20)18-23(27(3,4)5)21-16-12-9-13-17-21/h8-19H,6-7H2,1-5H3/b22-19-,23-18-. The largest absolute Gasteiger partial charge is 0.340 e.